The Morgan fingerprint density at radius 2 is 1.78 bits per heavy atom. The molecule has 0 aliphatic heterocycles. The fourth-order valence-corrected chi connectivity index (χ4v) is 1.63. The number of benzene rings is 2. The van der Waals surface area contributed by atoms with Crippen LogP contribution < -0.4 is 4.74 Å². The van der Waals surface area contributed by atoms with E-state index in [1.807, 2.05) is 6.07 Å². The summed E-state index contributed by atoms with van der Waals surface area (Å²) in [5.74, 6) is 0.238. The van der Waals surface area contributed by atoms with Gasteiger partial charge in [-0.15, -0.1) is 0 Å². The van der Waals surface area contributed by atoms with E-state index in [9.17, 15) is 9.18 Å². The third kappa shape index (κ3) is 2.94. The van der Waals surface area contributed by atoms with Crippen LogP contribution in [0, 0.1) is 5.82 Å². The van der Waals surface area contributed by atoms with Gasteiger partial charge < -0.3 is 4.74 Å². The molecule has 2 aromatic carbocycles. The fraction of sp³-hybridized carbons (Fsp3) is 0.133. The highest BCUT2D eigenvalue weighted by atomic mass is 19.1. The summed E-state index contributed by atoms with van der Waals surface area (Å²) in [5.41, 5.74) is 1.41. The first kappa shape index (κ1) is 12.3. The monoisotopic (exact) mass is 244 g/mol. The minimum Gasteiger partial charge on any atom is -0.488 e. The van der Waals surface area contributed by atoms with Gasteiger partial charge in [-0.25, -0.2) is 4.39 Å². The highest BCUT2D eigenvalue weighted by molar-refractivity contribution is 5.96. The molecule has 0 radical (unpaired) electrons. The van der Waals surface area contributed by atoms with Crippen LogP contribution in [0.4, 0.5) is 4.39 Å². The quantitative estimate of drug-likeness (QED) is 0.768. The van der Waals surface area contributed by atoms with E-state index in [4.69, 9.17) is 4.74 Å². The van der Waals surface area contributed by atoms with Crippen LogP contribution in [0.15, 0.2) is 48.5 Å². The molecule has 3 heteroatoms. The molecule has 0 fully saturated rings. The van der Waals surface area contributed by atoms with E-state index in [0.29, 0.717) is 17.9 Å². The highest BCUT2D eigenvalue weighted by Crippen LogP contribution is 2.19. The van der Waals surface area contributed by atoms with Gasteiger partial charge in [-0.2, -0.15) is 0 Å². The average molecular weight is 244 g/mol. The lowest BCUT2D eigenvalue weighted by atomic mass is 10.1. The third-order valence-corrected chi connectivity index (χ3v) is 2.57. The number of carbonyl (C=O) groups is 1. The van der Waals surface area contributed by atoms with Crippen molar-refractivity contribution in [2.24, 2.45) is 0 Å². The molecule has 0 N–H and O–H groups in total. The van der Waals surface area contributed by atoms with Crippen molar-refractivity contribution in [1.82, 2.24) is 0 Å². The van der Waals surface area contributed by atoms with Crippen LogP contribution in [-0.4, -0.2) is 5.78 Å². The van der Waals surface area contributed by atoms with Gasteiger partial charge in [0.15, 0.2) is 5.78 Å². The van der Waals surface area contributed by atoms with Crippen molar-refractivity contribution in [3.05, 3.63) is 65.5 Å². The molecule has 0 aromatic heterocycles. The molecular weight excluding hydrogens is 231 g/mol. The molecule has 92 valence electrons. The summed E-state index contributed by atoms with van der Waals surface area (Å²) in [6.07, 6.45) is 0. The van der Waals surface area contributed by atoms with Gasteiger partial charge in [-0.1, -0.05) is 24.3 Å². The number of carbonyl (C=O) groups excluding carboxylic acids is 1. The van der Waals surface area contributed by atoms with Gasteiger partial charge in [0.2, 0.25) is 0 Å². The summed E-state index contributed by atoms with van der Waals surface area (Å²) in [5, 5.41) is 0. The van der Waals surface area contributed by atoms with Crippen LogP contribution in [0.25, 0.3) is 0 Å². The Kier molecular flexibility index (Phi) is 3.72. The topological polar surface area (TPSA) is 26.3 Å². The minimum atomic E-state index is -0.275. The van der Waals surface area contributed by atoms with Gasteiger partial charge >= 0.3 is 0 Å². The lowest BCUT2D eigenvalue weighted by Crippen LogP contribution is -2.01. The van der Waals surface area contributed by atoms with Crippen molar-refractivity contribution in [2.75, 3.05) is 0 Å². The number of hydrogen-bond donors (Lipinski definition) is 0. The standard InChI is InChI=1S/C15H13FO2/c1-11(17)14-4-2-3-5-15(14)18-10-12-6-8-13(16)9-7-12/h2-9H,10H2,1H3. The predicted molar refractivity (Wildman–Crippen MR) is 67.2 cm³/mol. The fourth-order valence-electron chi connectivity index (χ4n) is 1.63. The van der Waals surface area contributed by atoms with Crippen molar-refractivity contribution in [3.63, 3.8) is 0 Å². The summed E-state index contributed by atoms with van der Waals surface area (Å²) in [6, 6.07) is 13.2. The van der Waals surface area contributed by atoms with Gasteiger partial charge in [0.1, 0.15) is 18.2 Å². The second-order valence-electron chi connectivity index (χ2n) is 3.97. The molecule has 0 heterocycles. The van der Waals surface area contributed by atoms with Crippen molar-refractivity contribution in [3.8, 4) is 5.75 Å². The first-order valence-electron chi connectivity index (χ1n) is 5.64. The number of rotatable bonds is 4. The Labute approximate surface area is 105 Å². The lowest BCUT2D eigenvalue weighted by molar-refractivity contribution is 0.101. The molecule has 18 heavy (non-hydrogen) atoms. The van der Waals surface area contributed by atoms with E-state index in [1.165, 1.54) is 19.1 Å². The zero-order chi connectivity index (χ0) is 13.0. The molecule has 2 rings (SSSR count). The minimum absolute atomic E-state index is 0.0373. The summed E-state index contributed by atoms with van der Waals surface area (Å²) >= 11 is 0. The van der Waals surface area contributed by atoms with E-state index in [-0.39, 0.29) is 11.6 Å². The van der Waals surface area contributed by atoms with Crippen LogP contribution in [-0.2, 0) is 6.61 Å². The molecule has 2 aromatic rings. The average Bonchev–Trinajstić information content (AvgIpc) is 2.38. The number of Topliss-reactive ketones (excluding diaryl/α,β-unsaturated/α-hetero) is 1. The van der Waals surface area contributed by atoms with E-state index in [2.05, 4.69) is 0 Å². The molecule has 0 saturated carbocycles. The van der Waals surface area contributed by atoms with Gasteiger partial charge in [0, 0.05) is 0 Å². The molecule has 0 saturated heterocycles. The largest absolute Gasteiger partial charge is 0.488 e. The summed E-state index contributed by atoms with van der Waals surface area (Å²) in [6.45, 7) is 1.81. The van der Waals surface area contributed by atoms with E-state index in [1.54, 1.807) is 30.3 Å². The molecule has 0 aliphatic rings. The van der Waals surface area contributed by atoms with Crippen molar-refractivity contribution < 1.29 is 13.9 Å². The van der Waals surface area contributed by atoms with Crippen molar-refractivity contribution in [1.29, 1.82) is 0 Å². The van der Waals surface area contributed by atoms with Crippen LogP contribution in [0.2, 0.25) is 0 Å². The zero-order valence-corrected chi connectivity index (χ0v) is 10.0. The number of para-hydroxylation sites is 1. The Bertz CT molecular complexity index is 547. The predicted octanol–water partition coefficient (Wildman–Crippen LogP) is 3.61. The van der Waals surface area contributed by atoms with E-state index >= 15 is 0 Å². The maximum atomic E-state index is 12.7. The highest BCUT2D eigenvalue weighted by Gasteiger charge is 2.07. The van der Waals surface area contributed by atoms with Crippen LogP contribution in [0.1, 0.15) is 22.8 Å². The molecule has 0 unspecified atom stereocenters. The SMILES string of the molecule is CC(=O)c1ccccc1OCc1ccc(F)cc1. The van der Waals surface area contributed by atoms with Gasteiger partial charge in [-0.3, -0.25) is 4.79 Å². The molecule has 0 aliphatic carbocycles. The number of hydrogen-bond acceptors (Lipinski definition) is 2. The third-order valence-electron chi connectivity index (χ3n) is 2.57. The molecule has 0 spiro atoms. The zero-order valence-electron chi connectivity index (χ0n) is 10.0. The maximum absolute atomic E-state index is 12.7. The van der Waals surface area contributed by atoms with Crippen molar-refractivity contribution >= 4 is 5.78 Å². The first-order valence-corrected chi connectivity index (χ1v) is 5.64. The molecule has 0 amide bonds. The summed E-state index contributed by atoms with van der Waals surface area (Å²) in [7, 11) is 0. The Balaban J connectivity index is 2.10. The molecular formula is C15H13FO2. The van der Waals surface area contributed by atoms with E-state index in [0.717, 1.165) is 5.56 Å². The van der Waals surface area contributed by atoms with Gasteiger partial charge in [0.05, 0.1) is 5.56 Å². The lowest BCUT2D eigenvalue weighted by Gasteiger charge is -2.09. The van der Waals surface area contributed by atoms with E-state index < -0.39 is 0 Å². The Morgan fingerprint density at radius 1 is 1.11 bits per heavy atom. The Hall–Kier alpha value is -2.16. The molecule has 0 bridgehead atoms. The first-order chi connectivity index (χ1) is 8.66. The smallest absolute Gasteiger partial charge is 0.163 e. The van der Waals surface area contributed by atoms with Crippen molar-refractivity contribution in [2.45, 2.75) is 13.5 Å². The van der Waals surface area contributed by atoms with Gasteiger partial charge in [0.25, 0.3) is 0 Å². The maximum Gasteiger partial charge on any atom is 0.163 e. The van der Waals surface area contributed by atoms with Gasteiger partial charge in [-0.05, 0) is 36.8 Å². The molecule has 0 atom stereocenters. The normalized spacial score (nSPS) is 10.1. The number of halogens is 1. The van der Waals surface area contributed by atoms with Crippen LogP contribution in [0.3, 0.4) is 0 Å². The summed E-state index contributed by atoms with van der Waals surface area (Å²) < 4.78 is 18.3. The van der Waals surface area contributed by atoms with Crippen LogP contribution >= 0.6 is 0 Å². The number of ketones is 1. The van der Waals surface area contributed by atoms with Crippen LogP contribution in [0.5, 0.6) is 5.75 Å². The number of ether oxygens (including phenoxy) is 1. The Morgan fingerprint density at radius 3 is 2.44 bits per heavy atom. The second kappa shape index (κ2) is 5.45. The second-order valence-corrected chi connectivity index (χ2v) is 3.97. The molecule has 2 nitrogen and oxygen atoms in total. The summed E-state index contributed by atoms with van der Waals surface area (Å²) in [4.78, 5) is 11.4.